The molecular formula is C14H15ClN4O2S. The van der Waals surface area contributed by atoms with Crippen molar-refractivity contribution in [3.05, 3.63) is 35.0 Å². The van der Waals surface area contributed by atoms with Gasteiger partial charge >= 0.3 is 0 Å². The number of nitrogens with zero attached hydrogens (tertiary/aromatic N) is 2. The normalized spacial score (nSPS) is 11.3. The predicted octanol–water partition coefficient (Wildman–Crippen LogP) is 2.11. The summed E-state index contributed by atoms with van der Waals surface area (Å²) < 4.78 is 24.4. The van der Waals surface area contributed by atoms with Crippen molar-refractivity contribution in [2.75, 3.05) is 24.7 Å². The van der Waals surface area contributed by atoms with Crippen LogP contribution in [-0.2, 0) is 10.0 Å². The smallest absolute Gasteiger partial charge is 0.208 e. The number of pyridine rings is 1. The van der Waals surface area contributed by atoms with Crippen LogP contribution >= 0.6 is 11.6 Å². The molecule has 6 nitrogen and oxygen atoms in total. The Hall–Kier alpha value is -1.88. The quantitative estimate of drug-likeness (QED) is 0.786. The van der Waals surface area contributed by atoms with E-state index in [2.05, 4.69) is 21.1 Å². The Morgan fingerprint density at radius 1 is 1.36 bits per heavy atom. The van der Waals surface area contributed by atoms with Gasteiger partial charge in [-0.25, -0.2) is 13.1 Å². The number of fused-ring (bicyclic) bond motifs is 1. The van der Waals surface area contributed by atoms with E-state index < -0.39 is 10.0 Å². The van der Waals surface area contributed by atoms with E-state index in [0.29, 0.717) is 35.8 Å². The SMILES string of the molecule is CS(=O)(=O)NCCCNc1c(C#N)cnc2ccc(Cl)cc12. The second-order valence-electron chi connectivity index (χ2n) is 4.77. The monoisotopic (exact) mass is 338 g/mol. The van der Waals surface area contributed by atoms with Gasteiger partial charge in [-0.2, -0.15) is 5.26 Å². The van der Waals surface area contributed by atoms with E-state index in [4.69, 9.17) is 11.6 Å². The van der Waals surface area contributed by atoms with Crippen molar-refractivity contribution < 1.29 is 8.42 Å². The zero-order chi connectivity index (χ0) is 16.2. The zero-order valence-corrected chi connectivity index (χ0v) is 13.5. The molecule has 0 spiro atoms. The number of hydrogen-bond acceptors (Lipinski definition) is 5. The highest BCUT2D eigenvalue weighted by Gasteiger charge is 2.09. The average Bonchev–Trinajstić information content (AvgIpc) is 2.45. The van der Waals surface area contributed by atoms with Crippen LogP contribution in [0.15, 0.2) is 24.4 Å². The summed E-state index contributed by atoms with van der Waals surface area (Å²) in [6.45, 7) is 0.848. The van der Waals surface area contributed by atoms with Gasteiger partial charge in [0.2, 0.25) is 10.0 Å². The lowest BCUT2D eigenvalue weighted by atomic mass is 10.1. The maximum atomic E-state index is 11.0. The molecule has 1 heterocycles. The lowest BCUT2D eigenvalue weighted by molar-refractivity contribution is 0.586. The zero-order valence-electron chi connectivity index (χ0n) is 11.9. The molecule has 1 aromatic carbocycles. The summed E-state index contributed by atoms with van der Waals surface area (Å²) in [6, 6.07) is 7.37. The third-order valence-electron chi connectivity index (χ3n) is 2.97. The first kappa shape index (κ1) is 16.5. The molecule has 2 aromatic rings. The molecule has 116 valence electrons. The highest BCUT2D eigenvalue weighted by atomic mass is 35.5. The number of nitrogens with one attached hydrogen (secondary N) is 2. The van der Waals surface area contributed by atoms with Crippen molar-refractivity contribution >= 4 is 38.2 Å². The highest BCUT2D eigenvalue weighted by molar-refractivity contribution is 7.88. The van der Waals surface area contributed by atoms with Crippen molar-refractivity contribution in [3.8, 4) is 6.07 Å². The second-order valence-corrected chi connectivity index (χ2v) is 7.04. The van der Waals surface area contributed by atoms with Crippen LogP contribution in [0.5, 0.6) is 0 Å². The third-order valence-corrected chi connectivity index (χ3v) is 3.93. The molecule has 22 heavy (non-hydrogen) atoms. The molecule has 0 saturated carbocycles. The molecule has 8 heteroatoms. The molecule has 1 aromatic heterocycles. The Kier molecular flexibility index (Phi) is 5.19. The van der Waals surface area contributed by atoms with Gasteiger partial charge in [0.15, 0.2) is 0 Å². The van der Waals surface area contributed by atoms with E-state index in [-0.39, 0.29) is 0 Å². The van der Waals surface area contributed by atoms with E-state index in [1.54, 1.807) is 18.2 Å². The predicted molar refractivity (Wildman–Crippen MR) is 87.4 cm³/mol. The molecule has 2 rings (SSSR count). The minimum atomic E-state index is -3.18. The summed E-state index contributed by atoms with van der Waals surface area (Å²) in [5.41, 5.74) is 1.82. The number of hydrogen-bond donors (Lipinski definition) is 2. The maximum Gasteiger partial charge on any atom is 0.208 e. The Morgan fingerprint density at radius 3 is 2.82 bits per heavy atom. The lowest BCUT2D eigenvalue weighted by Gasteiger charge is -2.11. The van der Waals surface area contributed by atoms with Gasteiger partial charge in [-0.3, -0.25) is 4.98 Å². The second kappa shape index (κ2) is 6.92. The molecule has 0 aliphatic carbocycles. The number of rotatable bonds is 6. The number of nitriles is 1. The van der Waals surface area contributed by atoms with E-state index in [1.807, 2.05) is 0 Å². The van der Waals surface area contributed by atoms with E-state index >= 15 is 0 Å². The van der Waals surface area contributed by atoms with Crippen molar-refractivity contribution in [2.45, 2.75) is 6.42 Å². The molecule has 0 atom stereocenters. The molecule has 0 fully saturated rings. The van der Waals surface area contributed by atoms with Crippen molar-refractivity contribution in [1.29, 1.82) is 5.26 Å². The fraction of sp³-hybridized carbons (Fsp3) is 0.286. The molecule has 2 N–H and O–H groups in total. The van der Waals surface area contributed by atoms with Crippen molar-refractivity contribution in [1.82, 2.24) is 9.71 Å². The van der Waals surface area contributed by atoms with Crippen LogP contribution in [-0.4, -0.2) is 32.7 Å². The molecule has 0 aliphatic heterocycles. The van der Waals surface area contributed by atoms with E-state index in [0.717, 1.165) is 17.2 Å². The van der Waals surface area contributed by atoms with Gasteiger partial charge in [0.05, 0.1) is 23.0 Å². The molecule has 0 saturated heterocycles. The van der Waals surface area contributed by atoms with Gasteiger partial charge in [-0.15, -0.1) is 0 Å². The Morgan fingerprint density at radius 2 is 2.14 bits per heavy atom. The standard InChI is InChI=1S/C14H15ClN4O2S/c1-22(20,21)19-6-2-5-17-14-10(8-16)9-18-13-4-3-11(15)7-12(13)14/h3-4,7,9,19H,2,5-6H2,1H3,(H,17,18). The first-order chi connectivity index (χ1) is 10.4. The van der Waals surface area contributed by atoms with Crippen LogP contribution in [0, 0.1) is 11.3 Å². The summed E-state index contributed by atoms with van der Waals surface area (Å²) >= 11 is 6.00. The van der Waals surface area contributed by atoms with E-state index in [1.165, 1.54) is 6.20 Å². The van der Waals surface area contributed by atoms with Crippen LogP contribution in [0.4, 0.5) is 5.69 Å². The summed E-state index contributed by atoms with van der Waals surface area (Å²) in [7, 11) is -3.18. The Labute approximate surface area is 134 Å². The van der Waals surface area contributed by atoms with Gasteiger partial charge in [0, 0.05) is 29.7 Å². The largest absolute Gasteiger partial charge is 0.383 e. The summed E-state index contributed by atoms with van der Waals surface area (Å²) in [4.78, 5) is 4.22. The minimum Gasteiger partial charge on any atom is -0.383 e. The van der Waals surface area contributed by atoms with Crippen molar-refractivity contribution in [3.63, 3.8) is 0 Å². The van der Waals surface area contributed by atoms with Crippen LogP contribution in [0.1, 0.15) is 12.0 Å². The van der Waals surface area contributed by atoms with Gasteiger partial charge in [-0.1, -0.05) is 11.6 Å². The van der Waals surface area contributed by atoms with Crippen LogP contribution in [0.3, 0.4) is 0 Å². The van der Waals surface area contributed by atoms with Crippen LogP contribution in [0.25, 0.3) is 10.9 Å². The van der Waals surface area contributed by atoms with Gasteiger partial charge in [0.25, 0.3) is 0 Å². The number of aromatic nitrogens is 1. The molecule has 0 unspecified atom stereocenters. The first-order valence-electron chi connectivity index (χ1n) is 6.57. The molecule has 0 aliphatic rings. The summed E-state index contributed by atoms with van der Waals surface area (Å²) in [6.07, 6.45) is 3.21. The fourth-order valence-electron chi connectivity index (χ4n) is 2.00. The Bertz CT molecular complexity index is 831. The number of anilines is 1. The van der Waals surface area contributed by atoms with Crippen LogP contribution in [0.2, 0.25) is 5.02 Å². The van der Waals surface area contributed by atoms with E-state index in [9.17, 15) is 13.7 Å². The molecule has 0 bridgehead atoms. The molecular weight excluding hydrogens is 324 g/mol. The average molecular weight is 339 g/mol. The fourth-order valence-corrected chi connectivity index (χ4v) is 2.69. The van der Waals surface area contributed by atoms with Gasteiger partial charge in [0.1, 0.15) is 6.07 Å². The van der Waals surface area contributed by atoms with Gasteiger partial charge in [-0.05, 0) is 24.6 Å². The summed E-state index contributed by atoms with van der Waals surface area (Å²) in [5.74, 6) is 0. The molecule has 0 radical (unpaired) electrons. The number of halogens is 1. The third kappa shape index (κ3) is 4.31. The molecule has 0 amide bonds. The lowest BCUT2D eigenvalue weighted by Crippen LogP contribution is -2.24. The summed E-state index contributed by atoms with van der Waals surface area (Å²) in [5, 5.41) is 13.7. The number of sulfonamides is 1. The first-order valence-corrected chi connectivity index (χ1v) is 8.84. The van der Waals surface area contributed by atoms with Gasteiger partial charge < -0.3 is 5.32 Å². The van der Waals surface area contributed by atoms with Crippen molar-refractivity contribution in [2.24, 2.45) is 0 Å². The maximum absolute atomic E-state index is 11.0. The number of benzene rings is 1. The highest BCUT2D eigenvalue weighted by Crippen LogP contribution is 2.28. The topological polar surface area (TPSA) is 94.9 Å². The minimum absolute atomic E-state index is 0.331. The Balaban J connectivity index is 2.15. The van der Waals surface area contributed by atoms with Crippen LogP contribution < -0.4 is 10.0 Å².